The predicted octanol–water partition coefficient (Wildman–Crippen LogP) is 2.32. The van der Waals surface area contributed by atoms with Gasteiger partial charge in [-0.3, -0.25) is 9.32 Å². The number of ether oxygens (including phenoxy) is 1. The van der Waals surface area contributed by atoms with E-state index in [1.54, 1.807) is 53.4 Å². The van der Waals surface area contributed by atoms with E-state index < -0.39 is 19.8 Å². The van der Waals surface area contributed by atoms with Crippen molar-refractivity contribution in [1.29, 1.82) is 0 Å². The van der Waals surface area contributed by atoms with Gasteiger partial charge in [-0.25, -0.2) is 19.5 Å². The normalized spacial score (nSPS) is 14.4. The van der Waals surface area contributed by atoms with Gasteiger partial charge in [0.1, 0.15) is 23.6 Å². The summed E-state index contributed by atoms with van der Waals surface area (Å²) in [6.45, 7) is 1.91. The van der Waals surface area contributed by atoms with Crippen molar-refractivity contribution >= 4 is 30.7 Å². The van der Waals surface area contributed by atoms with E-state index in [4.69, 9.17) is 14.8 Å². The van der Waals surface area contributed by atoms with E-state index in [2.05, 4.69) is 24.8 Å². The second-order valence-corrected chi connectivity index (χ2v) is 8.06. The number of imidazole rings is 1. The third kappa shape index (κ3) is 5.88. The number of esters is 1. The van der Waals surface area contributed by atoms with E-state index in [0.29, 0.717) is 29.3 Å². The Bertz CT molecular complexity index is 1100. The molecule has 31 heavy (non-hydrogen) atoms. The van der Waals surface area contributed by atoms with E-state index in [-0.39, 0.29) is 6.61 Å². The Kier molecular flexibility index (Phi) is 7.35. The summed E-state index contributed by atoms with van der Waals surface area (Å²) < 4.78 is 30.6. The van der Waals surface area contributed by atoms with E-state index in [9.17, 15) is 9.36 Å². The molecule has 1 aromatic carbocycles. The highest BCUT2D eigenvalue weighted by Gasteiger charge is 2.31. The molecule has 2 aromatic heterocycles. The second-order valence-electron chi connectivity index (χ2n) is 6.37. The van der Waals surface area contributed by atoms with Crippen LogP contribution in [0.4, 0.5) is 5.82 Å². The van der Waals surface area contributed by atoms with Gasteiger partial charge in [-0.05, 0) is 19.1 Å². The molecule has 0 radical (unpaired) electrons. The molecule has 2 heterocycles. The summed E-state index contributed by atoms with van der Waals surface area (Å²) in [5.74, 6) is 0.0478. The number of nitrogens with one attached hydrogen (secondary N) is 1. The first kappa shape index (κ1) is 22.4. The molecule has 2 atom stereocenters. The van der Waals surface area contributed by atoms with Crippen molar-refractivity contribution in [1.82, 2.24) is 24.6 Å². The minimum atomic E-state index is -3.87. The summed E-state index contributed by atoms with van der Waals surface area (Å²) in [4.78, 5) is 24.0. The molecule has 0 bridgehead atoms. The van der Waals surface area contributed by atoms with Crippen molar-refractivity contribution < 1.29 is 23.1 Å². The minimum Gasteiger partial charge on any atom is -0.468 e. The smallest absolute Gasteiger partial charge is 0.459 e. The van der Waals surface area contributed by atoms with Gasteiger partial charge in [0.25, 0.3) is 0 Å². The molecular weight excluding hydrogens is 423 g/mol. The fourth-order valence-corrected chi connectivity index (χ4v) is 4.05. The number of carbonyl (C=O) groups is 1. The highest BCUT2D eigenvalue weighted by molar-refractivity contribution is 7.52. The fraction of sp³-hybridized carbons (Fsp3) is 0.263. The molecule has 3 rings (SSSR count). The largest absolute Gasteiger partial charge is 0.468 e. The molecule has 0 aliphatic rings. The number of rotatable bonds is 10. The van der Waals surface area contributed by atoms with Crippen LogP contribution in [0.2, 0.25) is 0 Å². The topological polar surface area (TPSA) is 143 Å². The van der Waals surface area contributed by atoms with Gasteiger partial charge in [-0.2, -0.15) is 5.09 Å². The van der Waals surface area contributed by atoms with Crippen LogP contribution < -0.4 is 15.3 Å². The van der Waals surface area contributed by atoms with Gasteiger partial charge >= 0.3 is 13.7 Å². The predicted molar refractivity (Wildman–Crippen MR) is 114 cm³/mol. The lowest BCUT2D eigenvalue weighted by Crippen LogP contribution is -2.34. The van der Waals surface area contributed by atoms with Gasteiger partial charge in [0.2, 0.25) is 0 Å². The Morgan fingerprint density at radius 3 is 2.77 bits per heavy atom. The van der Waals surface area contributed by atoms with Gasteiger partial charge < -0.3 is 19.6 Å². The zero-order valence-electron chi connectivity index (χ0n) is 17.0. The Labute approximate surface area is 178 Å². The third-order valence-corrected chi connectivity index (χ3v) is 5.76. The standard InChI is InChI=1S/C19H23N6O5P/c1-14(19(26)28-2)24-31(27,30-15-8-4-3-5-9-15)29-11-7-6-10-25-13-23-16-17(20)21-12-22-18(16)25/h3-9,12-14H,10-11H2,1-2H3,(H,24,27)(H2,20,21,22)/b7-6+/t14-,31?/m0/s1. The van der Waals surface area contributed by atoms with Crippen LogP contribution in [0.25, 0.3) is 11.2 Å². The summed E-state index contributed by atoms with van der Waals surface area (Å²) in [6, 6.07) is 7.63. The third-order valence-electron chi connectivity index (χ3n) is 4.11. The van der Waals surface area contributed by atoms with Crippen molar-refractivity contribution in [2.45, 2.75) is 19.5 Å². The first-order valence-electron chi connectivity index (χ1n) is 9.33. The van der Waals surface area contributed by atoms with E-state index >= 15 is 0 Å². The van der Waals surface area contributed by atoms with Crippen LogP contribution in [-0.4, -0.2) is 45.2 Å². The molecule has 0 saturated heterocycles. The van der Waals surface area contributed by atoms with Crippen LogP contribution in [0.1, 0.15) is 6.92 Å². The molecule has 0 aliphatic heterocycles. The highest BCUT2D eigenvalue weighted by atomic mass is 31.2. The monoisotopic (exact) mass is 446 g/mol. The number of methoxy groups -OCH3 is 1. The molecule has 0 amide bonds. The van der Waals surface area contributed by atoms with E-state index in [1.807, 2.05) is 0 Å². The summed E-state index contributed by atoms with van der Waals surface area (Å²) in [5, 5.41) is 2.58. The van der Waals surface area contributed by atoms with Crippen LogP contribution >= 0.6 is 7.75 Å². The molecule has 0 aliphatic carbocycles. The lowest BCUT2D eigenvalue weighted by molar-refractivity contribution is -0.142. The SMILES string of the molecule is COC(=O)[C@H](C)NP(=O)(OC/C=C/Cn1cnc2c(N)ncnc21)Oc1ccccc1. The van der Waals surface area contributed by atoms with Gasteiger partial charge in [-0.1, -0.05) is 30.4 Å². The van der Waals surface area contributed by atoms with E-state index in [1.165, 1.54) is 20.4 Å². The van der Waals surface area contributed by atoms with Gasteiger partial charge in [0.15, 0.2) is 11.5 Å². The number of fused-ring (bicyclic) bond motifs is 1. The van der Waals surface area contributed by atoms with Crippen LogP contribution in [0.15, 0.2) is 55.1 Å². The van der Waals surface area contributed by atoms with Crippen molar-refractivity contribution in [2.75, 3.05) is 19.5 Å². The lowest BCUT2D eigenvalue weighted by Gasteiger charge is -2.21. The Hall–Kier alpha value is -3.27. The lowest BCUT2D eigenvalue weighted by atomic mass is 10.3. The Morgan fingerprint density at radius 1 is 1.26 bits per heavy atom. The highest BCUT2D eigenvalue weighted by Crippen LogP contribution is 2.44. The maximum Gasteiger partial charge on any atom is 0.459 e. The summed E-state index contributed by atoms with van der Waals surface area (Å²) in [6.07, 6.45) is 6.43. The zero-order chi connectivity index (χ0) is 22.3. The summed E-state index contributed by atoms with van der Waals surface area (Å²) in [5.41, 5.74) is 6.90. The molecule has 1 unspecified atom stereocenters. The fourth-order valence-electron chi connectivity index (χ4n) is 2.61. The number of nitrogens with two attached hydrogens (primary N) is 1. The van der Waals surface area contributed by atoms with Crippen molar-refractivity contribution in [3.05, 3.63) is 55.1 Å². The molecule has 11 nitrogen and oxygen atoms in total. The Balaban J connectivity index is 1.64. The molecule has 0 saturated carbocycles. The summed E-state index contributed by atoms with van der Waals surface area (Å²) in [7, 11) is -2.63. The molecule has 3 aromatic rings. The average Bonchev–Trinajstić information content (AvgIpc) is 3.18. The maximum absolute atomic E-state index is 13.2. The van der Waals surface area contributed by atoms with Crippen molar-refractivity contribution in [3.8, 4) is 5.75 Å². The van der Waals surface area contributed by atoms with E-state index in [0.717, 1.165) is 0 Å². The molecule has 0 fully saturated rings. The maximum atomic E-state index is 13.2. The number of benzene rings is 1. The number of hydrogen-bond acceptors (Lipinski definition) is 9. The Morgan fingerprint density at radius 2 is 2.03 bits per heavy atom. The average molecular weight is 446 g/mol. The molecular formula is C19H23N6O5P. The first-order valence-corrected chi connectivity index (χ1v) is 10.9. The molecule has 3 N–H and O–H groups in total. The molecule has 0 spiro atoms. The number of para-hydroxylation sites is 1. The number of anilines is 1. The quantitative estimate of drug-likeness (QED) is 0.270. The first-order chi connectivity index (χ1) is 14.9. The number of allylic oxidation sites excluding steroid dienone is 1. The van der Waals surface area contributed by atoms with Crippen molar-refractivity contribution in [3.63, 3.8) is 0 Å². The van der Waals surface area contributed by atoms with Crippen LogP contribution in [0, 0.1) is 0 Å². The second kappa shape index (κ2) is 10.2. The van der Waals surface area contributed by atoms with Gasteiger partial charge in [0, 0.05) is 6.54 Å². The van der Waals surface area contributed by atoms with Gasteiger partial charge in [-0.15, -0.1) is 0 Å². The number of hydrogen-bond donors (Lipinski definition) is 2. The van der Waals surface area contributed by atoms with Gasteiger partial charge in [0.05, 0.1) is 20.0 Å². The number of nitrogen functional groups attached to an aromatic ring is 1. The number of carbonyl (C=O) groups excluding carboxylic acids is 1. The van der Waals surface area contributed by atoms with Crippen LogP contribution in [-0.2, 0) is 25.2 Å². The minimum absolute atomic E-state index is 0.0330. The van der Waals surface area contributed by atoms with Crippen LogP contribution in [0.5, 0.6) is 5.75 Å². The molecule has 164 valence electrons. The summed E-state index contributed by atoms with van der Waals surface area (Å²) >= 11 is 0. The van der Waals surface area contributed by atoms with Crippen molar-refractivity contribution in [2.24, 2.45) is 0 Å². The van der Waals surface area contributed by atoms with Crippen LogP contribution in [0.3, 0.4) is 0 Å². The molecule has 12 heteroatoms. The number of nitrogens with zero attached hydrogens (tertiary/aromatic N) is 4. The number of aromatic nitrogens is 4. The zero-order valence-corrected chi connectivity index (χ0v) is 17.9.